The minimum atomic E-state index is -0.515. The number of thiazole rings is 1. The Morgan fingerprint density at radius 1 is 1.40 bits per heavy atom. The van der Waals surface area contributed by atoms with Crippen LogP contribution in [-0.2, 0) is 17.8 Å². The first-order valence-electron chi connectivity index (χ1n) is 8.00. The van der Waals surface area contributed by atoms with Crippen molar-refractivity contribution in [3.8, 4) is 0 Å². The predicted octanol–water partition coefficient (Wildman–Crippen LogP) is 2.26. The largest absolute Gasteiger partial charge is 0.298 e. The molecule has 0 aliphatic carbocycles. The molecule has 0 radical (unpaired) electrons. The summed E-state index contributed by atoms with van der Waals surface area (Å²) in [6.07, 6.45) is 3.99. The number of anilines is 1. The van der Waals surface area contributed by atoms with Crippen LogP contribution in [0.3, 0.4) is 0 Å². The molecule has 0 spiro atoms. The summed E-state index contributed by atoms with van der Waals surface area (Å²) < 4.78 is 26.9. The molecule has 0 N–H and O–H groups in total. The first-order chi connectivity index (χ1) is 11.9. The highest BCUT2D eigenvalue weighted by Gasteiger charge is 2.26. The van der Waals surface area contributed by atoms with Gasteiger partial charge in [-0.1, -0.05) is 11.3 Å². The van der Waals surface area contributed by atoms with E-state index in [1.807, 2.05) is 0 Å². The fourth-order valence-electron chi connectivity index (χ4n) is 2.83. The monoisotopic (exact) mass is 367 g/mol. The summed E-state index contributed by atoms with van der Waals surface area (Å²) in [5, 5.41) is 0.371. The van der Waals surface area contributed by atoms with E-state index in [2.05, 4.69) is 19.9 Å². The molecule has 0 saturated carbocycles. The first-order valence-corrected chi connectivity index (χ1v) is 8.82. The van der Waals surface area contributed by atoms with Crippen molar-refractivity contribution >= 4 is 22.4 Å². The standard InChI is InChI=1S/C16H19F2N5OS/c1-10(24)22(2)16-21-15(18)13(25-16)9-23-4-3-11(8-23)5-14-19-6-12(17)7-20-14/h6-7,11H,3-5,8-9H2,1-2H3. The van der Waals surface area contributed by atoms with Crippen LogP contribution in [0.4, 0.5) is 13.9 Å². The highest BCUT2D eigenvalue weighted by atomic mass is 32.1. The molecule has 25 heavy (non-hydrogen) atoms. The van der Waals surface area contributed by atoms with Crippen LogP contribution in [0.25, 0.3) is 0 Å². The zero-order valence-electron chi connectivity index (χ0n) is 14.1. The Hall–Kier alpha value is -2.00. The summed E-state index contributed by atoms with van der Waals surface area (Å²) in [4.78, 5) is 27.2. The van der Waals surface area contributed by atoms with Gasteiger partial charge in [-0.15, -0.1) is 0 Å². The number of hydrogen-bond donors (Lipinski definition) is 0. The van der Waals surface area contributed by atoms with Crippen LogP contribution >= 0.6 is 11.3 Å². The maximum absolute atomic E-state index is 14.0. The maximum Gasteiger partial charge on any atom is 0.230 e. The molecule has 0 aromatic carbocycles. The minimum absolute atomic E-state index is 0.180. The Balaban J connectivity index is 1.58. The van der Waals surface area contributed by atoms with E-state index in [0.717, 1.165) is 19.5 Å². The molecule has 2 aromatic rings. The number of rotatable bonds is 5. The van der Waals surface area contributed by atoms with E-state index in [1.165, 1.54) is 35.6 Å². The van der Waals surface area contributed by atoms with Gasteiger partial charge < -0.3 is 0 Å². The van der Waals surface area contributed by atoms with Crippen LogP contribution in [0, 0.1) is 17.7 Å². The maximum atomic E-state index is 14.0. The molecule has 1 aliphatic heterocycles. The van der Waals surface area contributed by atoms with Crippen molar-refractivity contribution in [2.24, 2.45) is 5.92 Å². The summed E-state index contributed by atoms with van der Waals surface area (Å²) in [5.74, 6) is -0.147. The van der Waals surface area contributed by atoms with Crippen molar-refractivity contribution in [2.75, 3.05) is 25.0 Å². The van der Waals surface area contributed by atoms with Crippen molar-refractivity contribution in [1.82, 2.24) is 19.9 Å². The van der Waals surface area contributed by atoms with Crippen LogP contribution in [0.1, 0.15) is 24.0 Å². The SMILES string of the molecule is CC(=O)N(C)c1nc(F)c(CN2CCC(Cc3ncc(F)cn3)C2)s1. The van der Waals surface area contributed by atoms with Crippen LogP contribution in [-0.4, -0.2) is 45.9 Å². The van der Waals surface area contributed by atoms with Crippen molar-refractivity contribution in [1.29, 1.82) is 0 Å². The van der Waals surface area contributed by atoms with E-state index in [9.17, 15) is 13.6 Å². The summed E-state index contributed by atoms with van der Waals surface area (Å²) in [7, 11) is 1.58. The minimum Gasteiger partial charge on any atom is -0.298 e. The van der Waals surface area contributed by atoms with Crippen LogP contribution in [0.2, 0.25) is 0 Å². The van der Waals surface area contributed by atoms with E-state index < -0.39 is 11.8 Å². The van der Waals surface area contributed by atoms with Gasteiger partial charge in [0.25, 0.3) is 0 Å². The quantitative estimate of drug-likeness (QED) is 0.811. The van der Waals surface area contributed by atoms with Gasteiger partial charge in [-0.25, -0.2) is 14.4 Å². The topological polar surface area (TPSA) is 62.2 Å². The highest BCUT2D eigenvalue weighted by Crippen LogP contribution is 2.28. The Morgan fingerprint density at radius 2 is 2.12 bits per heavy atom. The average Bonchev–Trinajstić information content (AvgIpc) is 3.16. The van der Waals surface area contributed by atoms with E-state index in [1.54, 1.807) is 7.05 Å². The van der Waals surface area contributed by atoms with Crippen LogP contribution in [0.5, 0.6) is 0 Å². The molecule has 9 heteroatoms. The second-order valence-electron chi connectivity index (χ2n) is 6.20. The first kappa shape index (κ1) is 17.8. The molecule has 3 rings (SSSR count). The van der Waals surface area contributed by atoms with Gasteiger partial charge >= 0.3 is 0 Å². The van der Waals surface area contributed by atoms with Crippen molar-refractivity contribution in [2.45, 2.75) is 26.3 Å². The number of likely N-dealkylation sites (tertiary alicyclic amines) is 1. The molecular weight excluding hydrogens is 348 g/mol. The Kier molecular flexibility index (Phi) is 5.33. The lowest BCUT2D eigenvalue weighted by molar-refractivity contribution is -0.116. The highest BCUT2D eigenvalue weighted by molar-refractivity contribution is 7.15. The zero-order valence-corrected chi connectivity index (χ0v) is 14.9. The number of hydrogen-bond acceptors (Lipinski definition) is 6. The summed E-state index contributed by atoms with van der Waals surface area (Å²) >= 11 is 1.20. The van der Waals surface area contributed by atoms with E-state index in [4.69, 9.17) is 0 Å². The third-order valence-corrected chi connectivity index (χ3v) is 5.37. The zero-order chi connectivity index (χ0) is 18.0. The number of halogens is 2. The lowest BCUT2D eigenvalue weighted by Gasteiger charge is -2.14. The van der Waals surface area contributed by atoms with E-state index in [0.29, 0.717) is 34.7 Å². The van der Waals surface area contributed by atoms with Gasteiger partial charge in [0.1, 0.15) is 5.82 Å². The lowest BCUT2D eigenvalue weighted by atomic mass is 10.0. The fraction of sp³-hybridized carbons (Fsp3) is 0.500. The van der Waals surface area contributed by atoms with Crippen molar-refractivity contribution in [3.05, 3.63) is 34.9 Å². The van der Waals surface area contributed by atoms with E-state index in [-0.39, 0.29) is 5.91 Å². The molecular formula is C16H19F2N5OS. The van der Waals surface area contributed by atoms with Gasteiger partial charge in [0.05, 0.1) is 17.3 Å². The van der Waals surface area contributed by atoms with Crippen molar-refractivity contribution < 1.29 is 13.6 Å². The summed E-state index contributed by atoms with van der Waals surface area (Å²) in [6, 6.07) is 0. The number of carbonyl (C=O) groups is 1. The van der Waals surface area contributed by atoms with Gasteiger partial charge in [-0.2, -0.15) is 9.37 Å². The van der Waals surface area contributed by atoms with Crippen LogP contribution in [0.15, 0.2) is 12.4 Å². The Labute approximate surface area is 148 Å². The van der Waals surface area contributed by atoms with Crippen LogP contribution < -0.4 is 4.90 Å². The molecule has 2 aromatic heterocycles. The average molecular weight is 367 g/mol. The second-order valence-corrected chi connectivity index (χ2v) is 7.26. The summed E-state index contributed by atoms with van der Waals surface area (Å²) in [5.41, 5.74) is 0. The fourth-order valence-corrected chi connectivity index (χ4v) is 3.81. The molecule has 1 fully saturated rings. The Morgan fingerprint density at radius 3 is 2.80 bits per heavy atom. The Bertz CT molecular complexity index is 751. The molecule has 1 saturated heterocycles. The van der Waals surface area contributed by atoms with Gasteiger partial charge in [-0.05, 0) is 18.9 Å². The molecule has 6 nitrogen and oxygen atoms in total. The van der Waals surface area contributed by atoms with Crippen molar-refractivity contribution in [3.63, 3.8) is 0 Å². The van der Waals surface area contributed by atoms with Gasteiger partial charge in [-0.3, -0.25) is 14.6 Å². The van der Waals surface area contributed by atoms with E-state index >= 15 is 0 Å². The normalized spacial score (nSPS) is 17.8. The summed E-state index contributed by atoms with van der Waals surface area (Å²) in [6.45, 7) is 3.54. The molecule has 1 unspecified atom stereocenters. The smallest absolute Gasteiger partial charge is 0.230 e. The molecule has 3 heterocycles. The number of aromatic nitrogens is 3. The third kappa shape index (κ3) is 4.35. The molecule has 1 aliphatic rings. The second kappa shape index (κ2) is 7.49. The molecule has 0 bridgehead atoms. The third-order valence-electron chi connectivity index (χ3n) is 4.28. The number of carbonyl (C=O) groups excluding carboxylic acids is 1. The molecule has 134 valence electrons. The predicted molar refractivity (Wildman–Crippen MR) is 90.2 cm³/mol. The number of nitrogens with zero attached hydrogens (tertiary/aromatic N) is 5. The molecule has 1 amide bonds. The van der Waals surface area contributed by atoms with Gasteiger partial charge in [0.15, 0.2) is 10.9 Å². The lowest BCUT2D eigenvalue weighted by Crippen LogP contribution is -2.22. The number of amides is 1. The molecule has 1 atom stereocenters. The van der Waals surface area contributed by atoms with Gasteiger partial charge in [0.2, 0.25) is 11.9 Å². The van der Waals surface area contributed by atoms with Gasteiger partial charge in [0, 0.05) is 33.5 Å².